The molecule has 1 fully saturated rings. The van der Waals surface area contributed by atoms with Crippen LogP contribution in [0.4, 0.5) is 0 Å². The second-order valence-corrected chi connectivity index (χ2v) is 4.84. The Hall–Kier alpha value is -1.35. The minimum absolute atomic E-state index is 0.0480. The van der Waals surface area contributed by atoms with Gasteiger partial charge in [-0.2, -0.15) is 0 Å². The van der Waals surface area contributed by atoms with E-state index >= 15 is 0 Å². The van der Waals surface area contributed by atoms with E-state index in [-0.39, 0.29) is 18.0 Å². The Kier molecular flexibility index (Phi) is 3.20. The van der Waals surface area contributed by atoms with E-state index in [1.54, 1.807) is 0 Å². The molecule has 0 aliphatic carbocycles. The van der Waals surface area contributed by atoms with Gasteiger partial charge >= 0.3 is 0 Å². The zero-order valence-corrected chi connectivity index (χ0v) is 10.7. The fraction of sp³-hybridized carbons (Fsp3) is 0.500. The molecule has 92 valence electrons. The predicted molar refractivity (Wildman–Crippen MR) is 68.6 cm³/mol. The maximum absolute atomic E-state index is 11.8. The molecular formula is C14H20N2O. The first-order valence-electron chi connectivity index (χ1n) is 6.16. The lowest BCUT2D eigenvalue weighted by atomic mass is 9.97. The molecule has 1 heterocycles. The normalized spacial score (nSPS) is 24.5. The number of carbonyl (C=O) groups excluding carboxylic acids is 1. The maximum Gasteiger partial charge on any atom is 0.224 e. The van der Waals surface area contributed by atoms with Crippen LogP contribution in [0.25, 0.3) is 0 Å². The Morgan fingerprint density at radius 1 is 1.35 bits per heavy atom. The summed E-state index contributed by atoms with van der Waals surface area (Å²) in [5.74, 6) is 0.170. The summed E-state index contributed by atoms with van der Waals surface area (Å²) in [4.78, 5) is 13.7. The van der Waals surface area contributed by atoms with Crippen molar-refractivity contribution in [2.24, 2.45) is 5.73 Å². The van der Waals surface area contributed by atoms with Gasteiger partial charge < -0.3 is 10.6 Å². The number of hydrogen-bond donors (Lipinski definition) is 1. The number of carbonyl (C=O) groups is 1. The average Bonchev–Trinajstić information content (AvgIpc) is 2.57. The van der Waals surface area contributed by atoms with Crippen molar-refractivity contribution in [2.75, 3.05) is 6.54 Å². The quantitative estimate of drug-likeness (QED) is 0.846. The van der Waals surface area contributed by atoms with Gasteiger partial charge in [-0.05, 0) is 37.5 Å². The lowest BCUT2D eigenvalue weighted by Crippen LogP contribution is -2.32. The number of likely N-dealkylation sites (N-methyl/N-ethyl adjacent to an activating group) is 1. The minimum Gasteiger partial charge on any atom is -0.334 e. The molecule has 2 atom stereocenters. The largest absolute Gasteiger partial charge is 0.334 e. The molecule has 2 unspecified atom stereocenters. The Labute approximate surface area is 103 Å². The van der Waals surface area contributed by atoms with Gasteiger partial charge in [-0.25, -0.2) is 0 Å². The van der Waals surface area contributed by atoms with Gasteiger partial charge in [-0.15, -0.1) is 0 Å². The molecule has 2 N–H and O–H groups in total. The fourth-order valence-electron chi connectivity index (χ4n) is 2.57. The lowest BCUT2D eigenvalue weighted by Gasteiger charge is -2.26. The van der Waals surface area contributed by atoms with Crippen LogP contribution in [0.3, 0.4) is 0 Å². The number of hydrogen-bond acceptors (Lipinski definition) is 2. The predicted octanol–water partition coefficient (Wildman–Crippen LogP) is 1.92. The minimum atomic E-state index is -0.0791. The van der Waals surface area contributed by atoms with Crippen LogP contribution in [0.2, 0.25) is 0 Å². The molecule has 3 nitrogen and oxygen atoms in total. The Bertz CT molecular complexity index is 442. The molecule has 3 heteroatoms. The van der Waals surface area contributed by atoms with E-state index in [9.17, 15) is 4.79 Å². The molecule has 0 saturated carbocycles. The van der Waals surface area contributed by atoms with E-state index in [1.165, 1.54) is 11.1 Å². The second kappa shape index (κ2) is 4.49. The summed E-state index contributed by atoms with van der Waals surface area (Å²) >= 11 is 0. The van der Waals surface area contributed by atoms with Gasteiger partial charge in [0.15, 0.2) is 0 Å². The molecule has 0 spiro atoms. The Balaban J connectivity index is 2.37. The highest BCUT2D eigenvalue weighted by molar-refractivity contribution is 5.80. The second-order valence-electron chi connectivity index (χ2n) is 4.84. The summed E-state index contributed by atoms with van der Waals surface area (Å²) in [5.41, 5.74) is 9.78. The van der Waals surface area contributed by atoms with Gasteiger partial charge in [-0.3, -0.25) is 4.79 Å². The monoisotopic (exact) mass is 232 g/mol. The van der Waals surface area contributed by atoms with Gasteiger partial charge in [0.1, 0.15) is 0 Å². The van der Waals surface area contributed by atoms with Crippen molar-refractivity contribution >= 4 is 5.91 Å². The first kappa shape index (κ1) is 12.1. The zero-order chi connectivity index (χ0) is 12.6. The van der Waals surface area contributed by atoms with Gasteiger partial charge in [0.25, 0.3) is 0 Å². The molecule has 0 radical (unpaired) electrons. The van der Waals surface area contributed by atoms with Crippen molar-refractivity contribution in [1.82, 2.24) is 4.90 Å². The number of aryl methyl sites for hydroxylation is 2. The highest BCUT2D eigenvalue weighted by atomic mass is 16.2. The number of amides is 1. The van der Waals surface area contributed by atoms with E-state index in [0.717, 1.165) is 12.1 Å². The third kappa shape index (κ3) is 2.07. The van der Waals surface area contributed by atoms with Crippen molar-refractivity contribution in [1.29, 1.82) is 0 Å². The highest BCUT2D eigenvalue weighted by Crippen LogP contribution is 2.32. The molecule has 1 aromatic rings. The smallest absolute Gasteiger partial charge is 0.224 e. The van der Waals surface area contributed by atoms with Crippen LogP contribution in [-0.2, 0) is 4.79 Å². The molecule has 1 aromatic carbocycles. The van der Waals surface area contributed by atoms with Gasteiger partial charge in [0.05, 0.1) is 6.04 Å². The molecule has 1 aliphatic rings. The topological polar surface area (TPSA) is 46.3 Å². The first-order valence-corrected chi connectivity index (χ1v) is 6.16. The van der Waals surface area contributed by atoms with Gasteiger partial charge in [0, 0.05) is 19.0 Å². The molecule has 1 aliphatic heterocycles. The summed E-state index contributed by atoms with van der Waals surface area (Å²) in [5, 5.41) is 0. The number of nitrogens with two attached hydrogens (primary N) is 1. The summed E-state index contributed by atoms with van der Waals surface area (Å²) in [7, 11) is 0. The molecule has 1 saturated heterocycles. The van der Waals surface area contributed by atoms with E-state index in [0.29, 0.717) is 6.42 Å². The molecule has 0 aromatic heterocycles. The van der Waals surface area contributed by atoms with Crippen LogP contribution in [0, 0.1) is 13.8 Å². The lowest BCUT2D eigenvalue weighted by molar-refractivity contribution is -0.128. The summed E-state index contributed by atoms with van der Waals surface area (Å²) < 4.78 is 0. The van der Waals surface area contributed by atoms with Crippen LogP contribution in [0.1, 0.15) is 36.1 Å². The molecule has 2 rings (SSSR count). The Morgan fingerprint density at radius 3 is 2.65 bits per heavy atom. The fourth-order valence-corrected chi connectivity index (χ4v) is 2.57. The third-order valence-corrected chi connectivity index (χ3v) is 3.69. The summed E-state index contributed by atoms with van der Waals surface area (Å²) in [6.45, 7) is 6.92. The van der Waals surface area contributed by atoms with Crippen molar-refractivity contribution in [3.05, 3.63) is 34.9 Å². The van der Waals surface area contributed by atoms with Gasteiger partial charge in [0.2, 0.25) is 5.91 Å². The molecule has 0 bridgehead atoms. The maximum atomic E-state index is 11.8. The van der Waals surface area contributed by atoms with Crippen LogP contribution >= 0.6 is 0 Å². The first-order chi connectivity index (χ1) is 8.04. The molecule has 17 heavy (non-hydrogen) atoms. The van der Waals surface area contributed by atoms with E-state index < -0.39 is 0 Å². The van der Waals surface area contributed by atoms with Crippen molar-refractivity contribution < 1.29 is 4.79 Å². The Morgan fingerprint density at radius 2 is 2.06 bits per heavy atom. The van der Waals surface area contributed by atoms with Crippen molar-refractivity contribution in [3.63, 3.8) is 0 Å². The van der Waals surface area contributed by atoms with Crippen LogP contribution in [0.15, 0.2) is 18.2 Å². The molecular weight excluding hydrogens is 212 g/mol. The number of benzene rings is 1. The van der Waals surface area contributed by atoms with E-state index in [1.807, 2.05) is 11.8 Å². The zero-order valence-electron chi connectivity index (χ0n) is 10.7. The summed E-state index contributed by atoms with van der Waals surface area (Å²) in [6.07, 6.45) is 0.464. The van der Waals surface area contributed by atoms with Crippen LogP contribution in [-0.4, -0.2) is 23.4 Å². The van der Waals surface area contributed by atoms with Crippen molar-refractivity contribution in [2.45, 2.75) is 39.3 Å². The SMILES string of the molecule is CCN1C(=O)CC(N)C1c1ccc(C)c(C)c1. The number of likely N-dealkylation sites (tertiary alicyclic amines) is 1. The molecule has 1 amide bonds. The average molecular weight is 232 g/mol. The highest BCUT2D eigenvalue weighted by Gasteiger charge is 2.37. The number of nitrogens with zero attached hydrogens (tertiary/aromatic N) is 1. The van der Waals surface area contributed by atoms with E-state index in [4.69, 9.17) is 5.73 Å². The number of rotatable bonds is 2. The van der Waals surface area contributed by atoms with Crippen molar-refractivity contribution in [3.8, 4) is 0 Å². The third-order valence-electron chi connectivity index (χ3n) is 3.69. The standard InChI is InChI=1S/C14H20N2O/c1-4-16-13(17)8-12(15)14(16)11-6-5-9(2)10(3)7-11/h5-7,12,14H,4,8,15H2,1-3H3. The summed E-state index contributed by atoms with van der Waals surface area (Å²) in [6, 6.07) is 6.32. The van der Waals surface area contributed by atoms with Crippen LogP contribution in [0.5, 0.6) is 0 Å². The van der Waals surface area contributed by atoms with Crippen LogP contribution < -0.4 is 5.73 Å². The van der Waals surface area contributed by atoms with Gasteiger partial charge in [-0.1, -0.05) is 18.2 Å². The van der Waals surface area contributed by atoms with E-state index in [2.05, 4.69) is 32.0 Å².